The van der Waals surface area contributed by atoms with Gasteiger partial charge in [-0.05, 0) is 18.9 Å². The van der Waals surface area contributed by atoms with Crippen molar-refractivity contribution in [2.24, 2.45) is 7.05 Å². The first kappa shape index (κ1) is 13.3. The maximum Gasteiger partial charge on any atom is 0.297 e. The van der Waals surface area contributed by atoms with E-state index in [9.17, 15) is 8.42 Å². The number of aromatic nitrogens is 3. The Morgan fingerprint density at radius 2 is 2.09 bits per heavy atom. The number of nitrogens with one attached hydrogen (secondary N) is 1. The lowest BCUT2D eigenvalue weighted by Gasteiger charge is -2.03. The SMILES string of the molecule is Cn1nc(C2CC2)nc1NS(=O)(=O)c1cc2ccccc2o1. The Kier molecular flexibility index (Phi) is 2.77. The quantitative estimate of drug-likeness (QED) is 0.796. The van der Waals surface area contributed by atoms with Crippen molar-refractivity contribution in [2.45, 2.75) is 23.9 Å². The van der Waals surface area contributed by atoms with Gasteiger partial charge in [0.25, 0.3) is 10.0 Å². The first-order valence-electron chi connectivity index (χ1n) is 6.95. The summed E-state index contributed by atoms with van der Waals surface area (Å²) in [6, 6.07) is 8.63. The third-order valence-electron chi connectivity index (χ3n) is 3.62. The van der Waals surface area contributed by atoms with Gasteiger partial charge in [-0.2, -0.15) is 18.5 Å². The monoisotopic (exact) mass is 318 g/mol. The highest BCUT2D eigenvalue weighted by Gasteiger charge is 2.30. The first-order chi connectivity index (χ1) is 10.5. The maximum absolute atomic E-state index is 12.4. The molecule has 0 spiro atoms. The van der Waals surface area contributed by atoms with E-state index in [1.807, 2.05) is 6.07 Å². The van der Waals surface area contributed by atoms with Crippen LogP contribution in [0.15, 0.2) is 39.8 Å². The molecule has 0 radical (unpaired) electrons. The van der Waals surface area contributed by atoms with Gasteiger partial charge in [0.15, 0.2) is 5.82 Å². The van der Waals surface area contributed by atoms with Gasteiger partial charge in [0, 0.05) is 24.4 Å². The third kappa shape index (κ3) is 2.25. The minimum atomic E-state index is -3.83. The number of furan rings is 1. The number of benzene rings is 1. The Morgan fingerprint density at radius 3 is 2.82 bits per heavy atom. The number of rotatable bonds is 4. The lowest BCUT2D eigenvalue weighted by molar-refractivity contribution is 0.484. The number of hydrogen-bond donors (Lipinski definition) is 1. The molecule has 2 aromatic heterocycles. The van der Waals surface area contributed by atoms with Crippen LogP contribution in [0.5, 0.6) is 0 Å². The van der Waals surface area contributed by atoms with Crippen molar-refractivity contribution in [3.63, 3.8) is 0 Å². The van der Waals surface area contributed by atoms with Crippen molar-refractivity contribution in [1.82, 2.24) is 14.8 Å². The van der Waals surface area contributed by atoms with E-state index in [1.165, 1.54) is 10.7 Å². The largest absolute Gasteiger partial charge is 0.443 e. The van der Waals surface area contributed by atoms with Crippen LogP contribution in [-0.4, -0.2) is 23.2 Å². The molecule has 1 saturated carbocycles. The Balaban J connectivity index is 1.68. The second kappa shape index (κ2) is 4.57. The zero-order valence-corrected chi connectivity index (χ0v) is 12.7. The summed E-state index contributed by atoms with van der Waals surface area (Å²) < 4.78 is 34.1. The average molecular weight is 318 g/mol. The molecule has 0 bridgehead atoms. The van der Waals surface area contributed by atoms with E-state index in [-0.39, 0.29) is 11.0 Å². The summed E-state index contributed by atoms with van der Waals surface area (Å²) in [5.41, 5.74) is 0.527. The predicted octanol–water partition coefficient (Wildman–Crippen LogP) is 2.24. The molecule has 1 aliphatic rings. The van der Waals surface area contributed by atoms with Crippen molar-refractivity contribution in [1.29, 1.82) is 0 Å². The molecule has 1 aliphatic carbocycles. The number of hydrogen-bond acceptors (Lipinski definition) is 5. The lowest BCUT2D eigenvalue weighted by atomic mass is 10.3. The zero-order chi connectivity index (χ0) is 15.3. The van der Waals surface area contributed by atoms with E-state index in [1.54, 1.807) is 25.2 Å². The van der Waals surface area contributed by atoms with E-state index in [2.05, 4.69) is 14.8 Å². The summed E-state index contributed by atoms with van der Waals surface area (Å²) in [4.78, 5) is 4.26. The Labute approximate surface area is 127 Å². The predicted molar refractivity (Wildman–Crippen MR) is 80.0 cm³/mol. The molecule has 0 amide bonds. The number of fused-ring (bicyclic) bond motifs is 1. The van der Waals surface area contributed by atoms with Crippen molar-refractivity contribution < 1.29 is 12.8 Å². The summed E-state index contributed by atoms with van der Waals surface area (Å²) in [5, 5.41) is 4.84. The molecule has 7 nitrogen and oxygen atoms in total. The summed E-state index contributed by atoms with van der Waals surface area (Å²) in [6.45, 7) is 0. The molecule has 22 heavy (non-hydrogen) atoms. The Hall–Kier alpha value is -2.35. The van der Waals surface area contributed by atoms with E-state index in [4.69, 9.17) is 4.42 Å². The second-order valence-corrected chi connectivity index (χ2v) is 7.01. The summed E-state index contributed by atoms with van der Waals surface area (Å²) >= 11 is 0. The van der Waals surface area contributed by atoms with Gasteiger partial charge >= 0.3 is 0 Å². The van der Waals surface area contributed by atoms with Crippen LogP contribution in [0.4, 0.5) is 5.95 Å². The van der Waals surface area contributed by atoms with Crippen LogP contribution >= 0.6 is 0 Å². The maximum atomic E-state index is 12.4. The molecule has 0 saturated heterocycles. The normalized spacial score (nSPS) is 15.3. The van der Waals surface area contributed by atoms with Crippen LogP contribution in [0.2, 0.25) is 0 Å². The van der Waals surface area contributed by atoms with Crippen molar-refractivity contribution in [3.8, 4) is 0 Å². The molecule has 1 aromatic carbocycles. The highest BCUT2D eigenvalue weighted by molar-refractivity contribution is 7.92. The zero-order valence-electron chi connectivity index (χ0n) is 11.9. The standard InChI is InChI=1S/C14H14N4O3S/c1-18-14(15-13(16-18)9-6-7-9)17-22(19,20)12-8-10-4-2-3-5-11(10)21-12/h2-5,8-9H,6-7H2,1H3,(H,15,16,17). The summed E-state index contributed by atoms with van der Waals surface area (Å²) in [6.07, 6.45) is 2.11. The molecule has 0 aliphatic heterocycles. The van der Waals surface area contributed by atoms with Crippen LogP contribution < -0.4 is 4.72 Å². The van der Waals surface area contributed by atoms with Gasteiger partial charge in [0.1, 0.15) is 5.58 Å². The summed E-state index contributed by atoms with van der Waals surface area (Å²) in [5.74, 6) is 1.24. The third-order valence-corrected chi connectivity index (χ3v) is 4.80. The van der Waals surface area contributed by atoms with Crippen molar-refractivity contribution in [3.05, 3.63) is 36.2 Å². The van der Waals surface area contributed by atoms with Crippen LogP contribution in [0, 0.1) is 0 Å². The van der Waals surface area contributed by atoms with Gasteiger partial charge in [-0.1, -0.05) is 18.2 Å². The smallest absolute Gasteiger partial charge is 0.297 e. The van der Waals surface area contributed by atoms with E-state index in [0.29, 0.717) is 17.3 Å². The second-order valence-electron chi connectivity index (χ2n) is 5.40. The highest BCUT2D eigenvalue weighted by atomic mass is 32.2. The fraction of sp³-hybridized carbons (Fsp3) is 0.286. The molecular weight excluding hydrogens is 304 g/mol. The van der Waals surface area contributed by atoms with Crippen LogP contribution in [0.25, 0.3) is 11.0 Å². The fourth-order valence-electron chi connectivity index (χ4n) is 2.27. The molecule has 8 heteroatoms. The van der Waals surface area contributed by atoms with Gasteiger partial charge < -0.3 is 4.42 Å². The van der Waals surface area contributed by atoms with E-state index >= 15 is 0 Å². The van der Waals surface area contributed by atoms with Gasteiger partial charge in [-0.15, -0.1) is 0 Å². The van der Waals surface area contributed by atoms with Crippen LogP contribution in [0.1, 0.15) is 24.6 Å². The number of sulfonamides is 1. The Morgan fingerprint density at radius 1 is 1.32 bits per heavy atom. The fourth-order valence-corrected chi connectivity index (χ4v) is 3.27. The summed E-state index contributed by atoms with van der Waals surface area (Å²) in [7, 11) is -2.17. The van der Waals surface area contributed by atoms with Gasteiger partial charge in [0.05, 0.1) is 0 Å². The Bertz CT molecular complexity index is 921. The number of aryl methyl sites for hydroxylation is 1. The molecule has 2 heterocycles. The molecule has 3 aromatic rings. The number of para-hydroxylation sites is 1. The number of nitrogens with zero attached hydrogens (tertiary/aromatic N) is 3. The van der Waals surface area contributed by atoms with Crippen LogP contribution in [-0.2, 0) is 17.1 Å². The molecule has 4 rings (SSSR count). The molecule has 0 atom stereocenters. The molecule has 114 valence electrons. The van der Waals surface area contributed by atoms with Crippen molar-refractivity contribution in [2.75, 3.05) is 4.72 Å². The highest BCUT2D eigenvalue weighted by Crippen LogP contribution is 2.38. The van der Waals surface area contributed by atoms with E-state index < -0.39 is 10.0 Å². The molecular formula is C14H14N4O3S. The first-order valence-corrected chi connectivity index (χ1v) is 8.43. The van der Waals surface area contributed by atoms with Crippen LogP contribution in [0.3, 0.4) is 0 Å². The van der Waals surface area contributed by atoms with Gasteiger partial charge in [-0.3, -0.25) is 0 Å². The van der Waals surface area contributed by atoms with E-state index in [0.717, 1.165) is 18.2 Å². The molecule has 1 N–H and O–H groups in total. The van der Waals surface area contributed by atoms with Gasteiger partial charge in [0.2, 0.25) is 11.0 Å². The van der Waals surface area contributed by atoms with Gasteiger partial charge in [-0.25, -0.2) is 9.40 Å². The topological polar surface area (TPSA) is 90.0 Å². The minimum absolute atomic E-state index is 0.135. The van der Waals surface area contributed by atoms with Crippen molar-refractivity contribution >= 4 is 26.9 Å². The molecule has 1 fully saturated rings. The average Bonchev–Trinajstić information content (AvgIpc) is 3.13. The number of anilines is 1. The minimum Gasteiger partial charge on any atom is -0.443 e. The molecule has 0 unspecified atom stereocenters. The lowest BCUT2D eigenvalue weighted by Crippen LogP contribution is -2.15.